The van der Waals surface area contributed by atoms with E-state index in [-0.39, 0.29) is 16.7 Å². The highest BCUT2D eigenvalue weighted by molar-refractivity contribution is 6.07. The summed E-state index contributed by atoms with van der Waals surface area (Å²) < 4.78 is 0. The second-order valence-electron chi connectivity index (χ2n) is 5.38. The van der Waals surface area contributed by atoms with Crippen LogP contribution in [-0.4, -0.2) is 40.0 Å². The predicted molar refractivity (Wildman–Crippen MR) is 69.6 cm³/mol. The summed E-state index contributed by atoms with van der Waals surface area (Å²) in [4.78, 5) is 36.1. The van der Waals surface area contributed by atoms with E-state index in [1.54, 1.807) is 4.90 Å². The van der Waals surface area contributed by atoms with Crippen molar-refractivity contribution in [1.82, 2.24) is 10.2 Å². The van der Waals surface area contributed by atoms with Crippen LogP contribution in [0.25, 0.3) is 0 Å². The molecule has 6 nitrogen and oxygen atoms in total. The second kappa shape index (κ2) is 5.42. The van der Waals surface area contributed by atoms with Crippen LogP contribution in [0, 0.1) is 0 Å². The first-order valence-corrected chi connectivity index (χ1v) is 6.20. The normalized spacial score (nSPS) is 18.8. The van der Waals surface area contributed by atoms with Gasteiger partial charge in [-0.15, -0.1) is 0 Å². The number of carbonyl (C=O) groups is 3. The molecule has 0 atom stereocenters. The van der Waals surface area contributed by atoms with Gasteiger partial charge >= 0.3 is 12.0 Å². The van der Waals surface area contributed by atoms with E-state index < -0.39 is 17.9 Å². The number of hydrogen-bond donors (Lipinski definition) is 2. The van der Waals surface area contributed by atoms with Crippen LogP contribution in [0.3, 0.4) is 0 Å². The summed E-state index contributed by atoms with van der Waals surface area (Å²) in [6.07, 6.45) is 1.79. The molecule has 0 unspecified atom stereocenters. The maximum atomic E-state index is 12.0. The molecule has 6 heteroatoms. The highest BCUT2D eigenvalue weighted by atomic mass is 16.4. The number of carboxylic acids is 1. The van der Waals surface area contributed by atoms with Gasteiger partial charge in [-0.2, -0.15) is 0 Å². The lowest BCUT2D eigenvalue weighted by Gasteiger charge is -2.31. The zero-order valence-electron chi connectivity index (χ0n) is 11.7. The SMILES string of the molecule is CC(C(=O)O)=C(C)C(=O)NC(=O)N1CCCC1(C)C. The van der Waals surface area contributed by atoms with Crippen LogP contribution in [0.4, 0.5) is 4.79 Å². The molecule has 1 heterocycles. The van der Waals surface area contributed by atoms with Crippen LogP contribution in [0.5, 0.6) is 0 Å². The van der Waals surface area contributed by atoms with Crippen molar-refractivity contribution in [1.29, 1.82) is 0 Å². The van der Waals surface area contributed by atoms with Crippen LogP contribution in [0.15, 0.2) is 11.1 Å². The monoisotopic (exact) mass is 268 g/mol. The molecule has 1 fully saturated rings. The summed E-state index contributed by atoms with van der Waals surface area (Å²) in [5.74, 6) is -1.82. The molecule has 0 aromatic carbocycles. The van der Waals surface area contributed by atoms with Gasteiger partial charge in [0.15, 0.2) is 0 Å². The van der Waals surface area contributed by atoms with Gasteiger partial charge in [-0.25, -0.2) is 9.59 Å². The molecule has 0 spiro atoms. The summed E-state index contributed by atoms with van der Waals surface area (Å²) in [5.41, 5.74) is -0.298. The van der Waals surface area contributed by atoms with E-state index >= 15 is 0 Å². The van der Waals surface area contributed by atoms with Crippen LogP contribution < -0.4 is 5.32 Å². The van der Waals surface area contributed by atoms with Gasteiger partial charge in [-0.05, 0) is 40.5 Å². The molecule has 0 saturated carbocycles. The molecular weight excluding hydrogens is 248 g/mol. The number of likely N-dealkylation sites (tertiary alicyclic amines) is 1. The first-order chi connectivity index (χ1) is 8.66. The van der Waals surface area contributed by atoms with Crippen molar-refractivity contribution in [2.75, 3.05) is 6.54 Å². The highest BCUT2D eigenvalue weighted by Crippen LogP contribution is 2.27. The summed E-state index contributed by atoms with van der Waals surface area (Å²) >= 11 is 0. The summed E-state index contributed by atoms with van der Waals surface area (Å²) in [5, 5.41) is 11.0. The zero-order chi connectivity index (χ0) is 14.8. The maximum Gasteiger partial charge on any atom is 0.331 e. The van der Waals surface area contributed by atoms with Gasteiger partial charge in [0.05, 0.1) is 0 Å². The van der Waals surface area contributed by atoms with E-state index in [0.29, 0.717) is 6.54 Å². The lowest BCUT2D eigenvalue weighted by atomic mass is 10.0. The Morgan fingerprint density at radius 2 is 1.74 bits per heavy atom. The topological polar surface area (TPSA) is 86.7 Å². The quantitative estimate of drug-likeness (QED) is 0.743. The fraction of sp³-hybridized carbons (Fsp3) is 0.615. The van der Waals surface area contributed by atoms with Crippen LogP contribution >= 0.6 is 0 Å². The molecular formula is C13H20N2O4. The Labute approximate surface area is 112 Å². The molecule has 1 saturated heterocycles. The van der Waals surface area contributed by atoms with E-state index in [1.807, 2.05) is 13.8 Å². The number of carbonyl (C=O) groups excluding carboxylic acids is 2. The Morgan fingerprint density at radius 3 is 2.16 bits per heavy atom. The van der Waals surface area contributed by atoms with Crippen molar-refractivity contribution in [3.8, 4) is 0 Å². The third kappa shape index (κ3) is 3.33. The molecule has 1 rings (SSSR count). The summed E-state index contributed by atoms with van der Waals surface area (Å²) in [6.45, 7) is 7.21. The highest BCUT2D eigenvalue weighted by Gasteiger charge is 2.36. The molecule has 3 amide bonds. The van der Waals surface area contributed by atoms with Crippen LogP contribution in [0.1, 0.15) is 40.5 Å². The fourth-order valence-corrected chi connectivity index (χ4v) is 2.07. The second-order valence-corrected chi connectivity index (χ2v) is 5.38. The number of amides is 3. The summed E-state index contributed by atoms with van der Waals surface area (Å²) in [6, 6.07) is -0.468. The standard InChI is InChI=1S/C13H20N2O4/c1-8(9(2)11(17)18)10(16)14-12(19)15-7-5-6-13(15,3)4/h5-7H2,1-4H3,(H,17,18)(H,14,16,19). The van der Waals surface area contributed by atoms with Gasteiger partial charge in [0.25, 0.3) is 5.91 Å². The number of nitrogens with zero attached hydrogens (tertiary/aromatic N) is 1. The zero-order valence-corrected chi connectivity index (χ0v) is 11.7. The van der Waals surface area contributed by atoms with Gasteiger partial charge in [-0.3, -0.25) is 10.1 Å². The molecule has 0 aromatic heterocycles. The van der Waals surface area contributed by atoms with Crippen molar-refractivity contribution in [3.05, 3.63) is 11.1 Å². The number of nitrogens with one attached hydrogen (secondary N) is 1. The molecule has 2 N–H and O–H groups in total. The van der Waals surface area contributed by atoms with Crippen molar-refractivity contribution in [2.45, 2.75) is 46.1 Å². The first-order valence-electron chi connectivity index (χ1n) is 6.20. The first kappa shape index (κ1) is 15.2. The number of hydrogen-bond acceptors (Lipinski definition) is 3. The average Bonchev–Trinajstić information content (AvgIpc) is 2.66. The molecule has 0 aromatic rings. The minimum absolute atomic E-state index is 0.0397. The number of imide groups is 1. The summed E-state index contributed by atoms with van der Waals surface area (Å²) in [7, 11) is 0. The number of carboxylic acid groups (broad SMARTS) is 1. The Morgan fingerprint density at radius 1 is 1.16 bits per heavy atom. The van der Waals surface area contributed by atoms with Crippen molar-refractivity contribution in [3.63, 3.8) is 0 Å². The molecule has 0 aliphatic carbocycles. The lowest BCUT2D eigenvalue weighted by Crippen LogP contribution is -2.49. The van der Waals surface area contributed by atoms with Gasteiger partial charge in [-0.1, -0.05) is 0 Å². The molecule has 0 bridgehead atoms. The van der Waals surface area contributed by atoms with E-state index in [4.69, 9.17) is 5.11 Å². The molecule has 1 aliphatic rings. The Balaban J connectivity index is 2.76. The van der Waals surface area contributed by atoms with Gasteiger partial charge in [0.2, 0.25) is 0 Å². The minimum atomic E-state index is -1.17. The smallest absolute Gasteiger partial charge is 0.331 e. The van der Waals surface area contributed by atoms with E-state index in [9.17, 15) is 14.4 Å². The van der Waals surface area contributed by atoms with Crippen molar-refractivity contribution in [2.24, 2.45) is 0 Å². The molecule has 1 aliphatic heterocycles. The van der Waals surface area contributed by atoms with Crippen molar-refractivity contribution >= 4 is 17.9 Å². The molecule has 0 radical (unpaired) electrons. The van der Waals surface area contributed by atoms with Gasteiger partial charge < -0.3 is 10.0 Å². The average molecular weight is 268 g/mol. The van der Waals surface area contributed by atoms with E-state index in [0.717, 1.165) is 12.8 Å². The minimum Gasteiger partial charge on any atom is -0.478 e. The Bertz CT molecular complexity index is 452. The third-order valence-corrected chi connectivity index (χ3v) is 3.59. The largest absolute Gasteiger partial charge is 0.478 e. The molecule has 106 valence electrons. The molecule has 19 heavy (non-hydrogen) atoms. The lowest BCUT2D eigenvalue weighted by molar-refractivity contribution is -0.133. The van der Waals surface area contributed by atoms with Crippen LogP contribution in [-0.2, 0) is 9.59 Å². The Hall–Kier alpha value is -1.85. The number of rotatable bonds is 2. The van der Waals surface area contributed by atoms with E-state index in [1.165, 1.54) is 13.8 Å². The van der Waals surface area contributed by atoms with Gasteiger partial charge in [0, 0.05) is 23.2 Å². The predicted octanol–water partition coefficient (Wildman–Crippen LogP) is 1.52. The maximum absolute atomic E-state index is 12.0. The van der Waals surface area contributed by atoms with E-state index in [2.05, 4.69) is 5.32 Å². The van der Waals surface area contributed by atoms with Crippen molar-refractivity contribution < 1.29 is 19.5 Å². The van der Waals surface area contributed by atoms with Crippen LogP contribution in [0.2, 0.25) is 0 Å². The number of aliphatic carboxylic acids is 1. The third-order valence-electron chi connectivity index (χ3n) is 3.59. The number of urea groups is 1. The fourth-order valence-electron chi connectivity index (χ4n) is 2.07. The Kier molecular flexibility index (Phi) is 4.34. The van der Waals surface area contributed by atoms with Gasteiger partial charge in [0.1, 0.15) is 0 Å².